The SMILES string of the molecule is CC(=O)NNC(=O)COC(=O)Cc1c(C)nn(-c2ccccc2)c1C. The number of nitrogens with one attached hydrogen (secondary N) is 2. The van der Waals surface area contributed by atoms with Gasteiger partial charge in [0.1, 0.15) is 0 Å². The van der Waals surface area contributed by atoms with Crippen LogP contribution in [0.25, 0.3) is 5.69 Å². The molecule has 0 spiro atoms. The monoisotopic (exact) mass is 344 g/mol. The first kappa shape index (κ1) is 18.2. The molecule has 0 atom stereocenters. The van der Waals surface area contributed by atoms with Crippen LogP contribution in [0.3, 0.4) is 0 Å². The highest BCUT2D eigenvalue weighted by atomic mass is 16.5. The van der Waals surface area contributed by atoms with Crippen molar-refractivity contribution in [1.29, 1.82) is 0 Å². The van der Waals surface area contributed by atoms with Crippen LogP contribution in [0, 0.1) is 13.8 Å². The molecule has 1 heterocycles. The lowest BCUT2D eigenvalue weighted by Gasteiger charge is -2.07. The number of hydrogen-bond acceptors (Lipinski definition) is 5. The van der Waals surface area contributed by atoms with Crippen LogP contribution >= 0.6 is 0 Å². The van der Waals surface area contributed by atoms with E-state index in [1.165, 1.54) is 6.92 Å². The Labute approximate surface area is 145 Å². The normalized spacial score (nSPS) is 10.2. The molecule has 0 aliphatic heterocycles. The Kier molecular flexibility index (Phi) is 5.89. The van der Waals surface area contributed by atoms with E-state index in [0.717, 1.165) is 22.6 Å². The van der Waals surface area contributed by atoms with Gasteiger partial charge in [-0.1, -0.05) is 18.2 Å². The Morgan fingerprint density at radius 1 is 1.12 bits per heavy atom. The number of aryl methyl sites for hydroxylation is 1. The molecule has 1 aromatic carbocycles. The zero-order valence-corrected chi connectivity index (χ0v) is 14.3. The predicted molar refractivity (Wildman–Crippen MR) is 89.7 cm³/mol. The number of hydrazine groups is 1. The number of hydrogen-bond donors (Lipinski definition) is 2. The molecule has 2 aromatic rings. The lowest BCUT2D eigenvalue weighted by Crippen LogP contribution is -2.42. The Bertz CT molecular complexity index is 783. The number of rotatable bonds is 5. The van der Waals surface area contributed by atoms with Crippen LogP contribution in [0.4, 0.5) is 0 Å². The minimum atomic E-state index is -0.614. The van der Waals surface area contributed by atoms with E-state index >= 15 is 0 Å². The minimum absolute atomic E-state index is 0.0118. The van der Waals surface area contributed by atoms with E-state index in [1.807, 2.05) is 44.2 Å². The number of esters is 1. The molecule has 2 amide bonds. The summed E-state index contributed by atoms with van der Waals surface area (Å²) in [6.07, 6.45) is 0.0118. The van der Waals surface area contributed by atoms with Crippen LogP contribution in [0.1, 0.15) is 23.9 Å². The quantitative estimate of drug-likeness (QED) is 0.615. The van der Waals surface area contributed by atoms with Gasteiger partial charge >= 0.3 is 5.97 Å². The zero-order chi connectivity index (χ0) is 18.4. The van der Waals surface area contributed by atoms with Crippen LogP contribution in [0.2, 0.25) is 0 Å². The van der Waals surface area contributed by atoms with Gasteiger partial charge in [0.25, 0.3) is 5.91 Å². The molecule has 0 unspecified atom stereocenters. The average Bonchev–Trinajstić information content (AvgIpc) is 2.87. The molecule has 2 rings (SSSR count). The second kappa shape index (κ2) is 8.09. The van der Waals surface area contributed by atoms with Crippen molar-refractivity contribution in [2.24, 2.45) is 0 Å². The summed E-state index contributed by atoms with van der Waals surface area (Å²) in [7, 11) is 0. The minimum Gasteiger partial charge on any atom is -0.455 e. The summed E-state index contributed by atoms with van der Waals surface area (Å²) in [5.74, 6) is -1.58. The van der Waals surface area contributed by atoms with Gasteiger partial charge in [0, 0.05) is 18.2 Å². The third-order valence-corrected chi connectivity index (χ3v) is 3.51. The van der Waals surface area contributed by atoms with Crippen molar-refractivity contribution in [2.45, 2.75) is 27.2 Å². The molecule has 2 N–H and O–H groups in total. The highest BCUT2D eigenvalue weighted by Gasteiger charge is 2.17. The summed E-state index contributed by atoms with van der Waals surface area (Å²) in [6, 6.07) is 9.59. The van der Waals surface area contributed by atoms with Gasteiger partial charge in [0.15, 0.2) is 6.61 Å². The van der Waals surface area contributed by atoms with Gasteiger partial charge in [0.05, 0.1) is 17.8 Å². The van der Waals surface area contributed by atoms with Gasteiger partial charge in [0.2, 0.25) is 5.91 Å². The lowest BCUT2D eigenvalue weighted by atomic mass is 10.1. The maximum Gasteiger partial charge on any atom is 0.310 e. The molecule has 132 valence electrons. The van der Waals surface area contributed by atoms with Crippen LogP contribution in [-0.2, 0) is 25.5 Å². The van der Waals surface area contributed by atoms with Crippen molar-refractivity contribution >= 4 is 17.8 Å². The maximum atomic E-state index is 12.0. The summed E-state index contributed by atoms with van der Waals surface area (Å²) in [5.41, 5.74) is 7.45. The maximum absolute atomic E-state index is 12.0. The van der Waals surface area contributed by atoms with Crippen molar-refractivity contribution in [2.75, 3.05) is 6.61 Å². The first-order valence-electron chi connectivity index (χ1n) is 7.70. The molecule has 0 fully saturated rings. The predicted octanol–water partition coefficient (Wildman–Crippen LogP) is 0.742. The fourth-order valence-corrected chi connectivity index (χ4v) is 2.29. The van der Waals surface area contributed by atoms with Crippen molar-refractivity contribution in [3.63, 3.8) is 0 Å². The molecule has 0 radical (unpaired) electrons. The Morgan fingerprint density at radius 3 is 2.44 bits per heavy atom. The first-order chi connectivity index (χ1) is 11.9. The lowest BCUT2D eigenvalue weighted by molar-refractivity contribution is -0.148. The third kappa shape index (κ3) is 4.90. The number of nitrogens with zero attached hydrogens (tertiary/aromatic N) is 2. The molecule has 0 saturated carbocycles. The van der Waals surface area contributed by atoms with Crippen LogP contribution in [0.15, 0.2) is 30.3 Å². The molecule has 1 aromatic heterocycles. The average molecular weight is 344 g/mol. The largest absolute Gasteiger partial charge is 0.455 e. The second-order valence-electron chi connectivity index (χ2n) is 5.46. The van der Waals surface area contributed by atoms with Gasteiger partial charge in [-0.2, -0.15) is 5.10 Å². The van der Waals surface area contributed by atoms with Crippen molar-refractivity contribution in [1.82, 2.24) is 20.6 Å². The van der Waals surface area contributed by atoms with Crippen LogP contribution < -0.4 is 10.9 Å². The Balaban J connectivity index is 1.98. The fourth-order valence-electron chi connectivity index (χ4n) is 2.29. The summed E-state index contributed by atoms with van der Waals surface area (Å²) >= 11 is 0. The second-order valence-corrected chi connectivity index (χ2v) is 5.46. The van der Waals surface area contributed by atoms with E-state index < -0.39 is 24.4 Å². The van der Waals surface area contributed by atoms with Gasteiger partial charge in [-0.25, -0.2) is 4.68 Å². The number of carbonyl (C=O) groups is 3. The van der Waals surface area contributed by atoms with Gasteiger partial charge in [-0.05, 0) is 26.0 Å². The smallest absolute Gasteiger partial charge is 0.310 e. The molecule has 0 saturated heterocycles. The molecule has 0 aliphatic carbocycles. The molecular weight excluding hydrogens is 324 g/mol. The van der Waals surface area contributed by atoms with E-state index in [0.29, 0.717) is 0 Å². The molecule has 25 heavy (non-hydrogen) atoms. The Hall–Kier alpha value is -3.16. The van der Waals surface area contributed by atoms with Gasteiger partial charge in [-0.15, -0.1) is 0 Å². The molecule has 0 bridgehead atoms. The fraction of sp³-hybridized carbons (Fsp3) is 0.294. The van der Waals surface area contributed by atoms with E-state index in [9.17, 15) is 14.4 Å². The topological polar surface area (TPSA) is 102 Å². The van der Waals surface area contributed by atoms with Gasteiger partial charge in [-0.3, -0.25) is 25.2 Å². The highest BCUT2D eigenvalue weighted by Crippen LogP contribution is 2.18. The van der Waals surface area contributed by atoms with Crippen molar-refractivity contribution < 1.29 is 19.1 Å². The number of aromatic nitrogens is 2. The number of amides is 2. The van der Waals surface area contributed by atoms with Crippen LogP contribution in [0.5, 0.6) is 0 Å². The van der Waals surface area contributed by atoms with Crippen molar-refractivity contribution in [3.05, 3.63) is 47.3 Å². The van der Waals surface area contributed by atoms with E-state index in [1.54, 1.807) is 4.68 Å². The van der Waals surface area contributed by atoms with E-state index in [2.05, 4.69) is 16.0 Å². The highest BCUT2D eigenvalue weighted by molar-refractivity contribution is 5.83. The van der Waals surface area contributed by atoms with E-state index in [4.69, 9.17) is 4.74 Å². The summed E-state index contributed by atoms with van der Waals surface area (Å²) < 4.78 is 6.69. The summed E-state index contributed by atoms with van der Waals surface area (Å²) in [6.45, 7) is 4.48. The molecule has 8 heteroatoms. The standard InChI is InChI=1S/C17H20N4O4/c1-11-15(9-17(24)25-10-16(23)19-18-13(3)22)12(2)21(20-11)14-7-5-4-6-8-14/h4-8H,9-10H2,1-3H3,(H,18,22)(H,19,23). The van der Waals surface area contributed by atoms with Crippen molar-refractivity contribution in [3.8, 4) is 5.69 Å². The zero-order valence-electron chi connectivity index (χ0n) is 14.3. The number of benzene rings is 1. The number of carbonyl (C=O) groups excluding carboxylic acids is 3. The van der Waals surface area contributed by atoms with Gasteiger partial charge < -0.3 is 4.74 Å². The molecular formula is C17H20N4O4. The summed E-state index contributed by atoms with van der Waals surface area (Å²) in [4.78, 5) is 34.1. The Morgan fingerprint density at radius 2 is 1.80 bits per heavy atom. The summed E-state index contributed by atoms with van der Waals surface area (Å²) in [5, 5.41) is 4.46. The molecule has 8 nitrogen and oxygen atoms in total. The number of ether oxygens (including phenoxy) is 1. The first-order valence-corrected chi connectivity index (χ1v) is 7.70. The van der Waals surface area contributed by atoms with Crippen LogP contribution in [-0.4, -0.2) is 34.2 Å². The van der Waals surface area contributed by atoms with E-state index in [-0.39, 0.29) is 6.42 Å². The molecule has 0 aliphatic rings. The number of para-hydroxylation sites is 1. The third-order valence-electron chi connectivity index (χ3n) is 3.51.